The van der Waals surface area contributed by atoms with Crippen molar-refractivity contribution >= 4 is 0 Å². The Kier molecular flexibility index (Phi) is 1.97. The molecule has 1 rings (SSSR count). The number of hydrogen-bond donors (Lipinski definition) is 2. The van der Waals surface area contributed by atoms with E-state index < -0.39 is 0 Å². The molecule has 0 aromatic heterocycles. The lowest BCUT2D eigenvalue weighted by Crippen LogP contribution is -2.16. The van der Waals surface area contributed by atoms with Crippen molar-refractivity contribution in [1.82, 2.24) is 0 Å². The molecule has 0 fully saturated rings. The second-order valence-electron chi connectivity index (χ2n) is 2.21. The van der Waals surface area contributed by atoms with Crippen LogP contribution < -0.4 is 0 Å². The summed E-state index contributed by atoms with van der Waals surface area (Å²) in [5.41, 5.74) is 0.685. The molecule has 0 saturated heterocycles. The third-order valence-corrected chi connectivity index (χ3v) is 1.35. The van der Waals surface area contributed by atoms with Gasteiger partial charge in [0.05, 0.1) is 12.9 Å². The van der Waals surface area contributed by atoms with Gasteiger partial charge in [-0.1, -0.05) is 0 Å². The molecule has 0 amide bonds. The third-order valence-electron chi connectivity index (χ3n) is 1.35. The highest BCUT2D eigenvalue weighted by Gasteiger charge is 2.11. The molecule has 0 aliphatic carbocycles. The average molecular weight is 142 g/mol. The van der Waals surface area contributed by atoms with Gasteiger partial charge in [0, 0.05) is 11.6 Å². The fourth-order valence-electron chi connectivity index (χ4n) is 0.692. The van der Waals surface area contributed by atoms with Crippen molar-refractivity contribution in [2.45, 2.75) is 13.0 Å². The molecule has 0 unspecified atom stereocenters. The van der Waals surface area contributed by atoms with E-state index in [9.17, 15) is 0 Å². The van der Waals surface area contributed by atoms with Gasteiger partial charge in [0.1, 0.15) is 11.9 Å². The molecule has 0 aromatic rings. The summed E-state index contributed by atoms with van der Waals surface area (Å²) in [6.07, 6.45) is 2.54. The molecule has 10 heavy (non-hydrogen) atoms. The third kappa shape index (κ3) is 1.30. The summed E-state index contributed by atoms with van der Waals surface area (Å²) in [4.78, 5) is 0. The lowest BCUT2D eigenvalue weighted by atomic mass is 10.2. The van der Waals surface area contributed by atoms with E-state index in [4.69, 9.17) is 14.9 Å². The quantitative estimate of drug-likeness (QED) is 0.567. The standard InChI is InChI=1S/C7H10O3/c1-5-4-10-6(3-8)2-7(5)9/h2,4,6,8-9H,3H2,1H3/t6-/m0/s1. The first-order chi connectivity index (χ1) is 4.74. The van der Waals surface area contributed by atoms with Crippen LogP contribution in [0.25, 0.3) is 0 Å². The first-order valence-corrected chi connectivity index (χ1v) is 3.08. The highest BCUT2D eigenvalue weighted by atomic mass is 16.5. The summed E-state index contributed by atoms with van der Waals surface area (Å²) in [6, 6.07) is 0. The summed E-state index contributed by atoms with van der Waals surface area (Å²) < 4.78 is 4.96. The molecular weight excluding hydrogens is 132 g/mol. The van der Waals surface area contributed by atoms with E-state index in [1.807, 2.05) is 0 Å². The summed E-state index contributed by atoms with van der Waals surface area (Å²) in [5.74, 6) is 0.185. The van der Waals surface area contributed by atoms with Crippen LogP contribution in [0.1, 0.15) is 6.92 Å². The SMILES string of the molecule is CC1=CO[C@H](CO)C=C1O. The van der Waals surface area contributed by atoms with Crippen LogP contribution in [-0.2, 0) is 4.74 Å². The highest BCUT2D eigenvalue weighted by Crippen LogP contribution is 2.14. The van der Waals surface area contributed by atoms with Crippen LogP contribution in [0.4, 0.5) is 0 Å². The predicted molar refractivity (Wildman–Crippen MR) is 36.4 cm³/mol. The van der Waals surface area contributed by atoms with Crippen molar-refractivity contribution in [1.29, 1.82) is 0 Å². The zero-order valence-electron chi connectivity index (χ0n) is 5.74. The zero-order chi connectivity index (χ0) is 7.56. The number of rotatable bonds is 1. The summed E-state index contributed by atoms with van der Waals surface area (Å²) in [5, 5.41) is 17.7. The fourth-order valence-corrected chi connectivity index (χ4v) is 0.692. The summed E-state index contributed by atoms with van der Waals surface area (Å²) in [7, 11) is 0. The maximum Gasteiger partial charge on any atom is 0.143 e. The van der Waals surface area contributed by atoms with Crippen molar-refractivity contribution in [3.05, 3.63) is 23.7 Å². The molecule has 0 bridgehead atoms. The number of hydrogen-bond acceptors (Lipinski definition) is 3. The summed E-state index contributed by atoms with van der Waals surface area (Å²) >= 11 is 0. The number of allylic oxidation sites excluding steroid dienone is 1. The topological polar surface area (TPSA) is 49.7 Å². The van der Waals surface area contributed by atoms with Gasteiger partial charge in [-0.2, -0.15) is 0 Å². The van der Waals surface area contributed by atoms with E-state index in [1.165, 1.54) is 12.3 Å². The molecule has 0 aromatic carbocycles. The molecule has 56 valence electrons. The van der Waals surface area contributed by atoms with Crippen LogP contribution in [-0.4, -0.2) is 22.9 Å². The van der Waals surface area contributed by atoms with Gasteiger partial charge in [0.15, 0.2) is 0 Å². The van der Waals surface area contributed by atoms with Crippen molar-refractivity contribution in [3.63, 3.8) is 0 Å². The Morgan fingerprint density at radius 1 is 1.70 bits per heavy atom. The number of aliphatic hydroxyl groups is 2. The Balaban J connectivity index is 2.66. The van der Waals surface area contributed by atoms with Gasteiger partial charge in [0.25, 0.3) is 0 Å². The van der Waals surface area contributed by atoms with Gasteiger partial charge in [-0.3, -0.25) is 0 Å². The molecule has 2 N–H and O–H groups in total. The maximum absolute atomic E-state index is 9.08. The molecule has 1 aliphatic heterocycles. The van der Waals surface area contributed by atoms with Crippen LogP contribution in [0.3, 0.4) is 0 Å². The number of ether oxygens (including phenoxy) is 1. The van der Waals surface area contributed by atoms with E-state index in [0.29, 0.717) is 5.57 Å². The number of aliphatic hydroxyl groups excluding tert-OH is 2. The normalized spacial score (nSPS) is 24.8. The molecule has 1 aliphatic rings. The fraction of sp³-hybridized carbons (Fsp3) is 0.429. The van der Waals surface area contributed by atoms with Crippen LogP contribution >= 0.6 is 0 Å². The lowest BCUT2D eigenvalue weighted by Gasteiger charge is -2.15. The monoisotopic (exact) mass is 142 g/mol. The van der Waals surface area contributed by atoms with E-state index in [0.717, 1.165) is 0 Å². The summed E-state index contributed by atoms with van der Waals surface area (Å²) in [6.45, 7) is 1.63. The van der Waals surface area contributed by atoms with Crippen molar-refractivity contribution in [3.8, 4) is 0 Å². The molecular formula is C7H10O3. The van der Waals surface area contributed by atoms with Crippen LogP contribution in [0.5, 0.6) is 0 Å². The Labute approximate surface area is 59.2 Å². The first-order valence-electron chi connectivity index (χ1n) is 3.08. The van der Waals surface area contributed by atoms with Crippen molar-refractivity contribution < 1.29 is 14.9 Å². The van der Waals surface area contributed by atoms with Gasteiger partial charge in [-0.25, -0.2) is 0 Å². The highest BCUT2D eigenvalue weighted by molar-refractivity contribution is 5.24. The largest absolute Gasteiger partial charge is 0.508 e. The van der Waals surface area contributed by atoms with Gasteiger partial charge in [0.2, 0.25) is 0 Å². The van der Waals surface area contributed by atoms with Gasteiger partial charge in [-0.15, -0.1) is 0 Å². The van der Waals surface area contributed by atoms with E-state index in [1.54, 1.807) is 6.92 Å². The Bertz CT molecular complexity index is 181. The Morgan fingerprint density at radius 3 is 2.90 bits per heavy atom. The van der Waals surface area contributed by atoms with Gasteiger partial charge in [-0.05, 0) is 6.92 Å². The lowest BCUT2D eigenvalue weighted by molar-refractivity contribution is 0.102. The first kappa shape index (κ1) is 7.15. The van der Waals surface area contributed by atoms with Crippen LogP contribution in [0.2, 0.25) is 0 Å². The van der Waals surface area contributed by atoms with Crippen molar-refractivity contribution in [2.75, 3.05) is 6.61 Å². The van der Waals surface area contributed by atoms with E-state index in [-0.39, 0.29) is 18.5 Å². The minimum Gasteiger partial charge on any atom is -0.508 e. The van der Waals surface area contributed by atoms with Crippen LogP contribution in [0.15, 0.2) is 23.7 Å². The molecule has 1 heterocycles. The second kappa shape index (κ2) is 2.75. The van der Waals surface area contributed by atoms with Crippen molar-refractivity contribution in [2.24, 2.45) is 0 Å². The molecule has 0 saturated carbocycles. The molecule has 3 nitrogen and oxygen atoms in total. The minimum absolute atomic E-state index is 0.103. The Hall–Kier alpha value is -0.960. The molecule has 0 radical (unpaired) electrons. The smallest absolute Gasteiger partial charge is 0.143 e. The molecule has 1 atom stereocenters. The van der Waals surface area contributed by atoms with Crippen LogP contribution in [0, 0.1) is 0 Å². The molecule has 0 spiro atoms. The maximum atomic E-state index is 9.08. The van der Waals surface area contributed by atoms with Gasteiger partial charge < -0.3 is 14.9 Å². The second-order valence-corrected chi connectivity index (χ2v) is 2.21. The van der Waals surface area contributed by atoms with E-state index in [2.05, 4.69) is 0 Å². The Morgan fingerprint density at radius 2 is 2.40 bits per heavy atom. The minimum atomic E-state index is -0.385. The predicted octanol–water partition coefficient (Wildman–Crippen LogP) is 0.723. The average Bonchev–Trinajstić information content (AvgIpc) is 1.95. The molecule has 3 heteroatoms. The zero-order valence-corrected chi connectivity index (χ0v) is 5.74. The van der Waals surface area contributed by atoms with Gasteiger partial charge >= 0.3 is 0 Å². The van der Waals surface area contributed by atoms with E-state index >= 15 is 0 Å².